The zero-order chi connectivity index (χ0) is 17.2. The monoisotopic (exact) mass is 335 g/mol. The average Bonchev–Trinajstić information content (AvgIpc) is 3.05. The minimum absolute atomic E-state index is 0.305. The van der Waals surface area contributed by atoms with Crippen LogP contribution in [0.5, 0.6) is 0 Å². The molecule has 2 heterocycles. The number of carbonyl (C=O) groups excluding carboxylic acids is 1. The highest BCUT2D eigenvalue weighted by Gasteiger charge is 2.28. The summed E-state index contributed by atoms with van der Waals surface area (Å²) in [5.41, 5.74) is 4.01. The van der Waals surface area contributed by atoms with Crippen LogP contribution in [0, 0.1) is 6.92 Å². The summed E-state index contributed by atoms with van der Waals surface area (Å²) in [5.74, 6) is 1.76. The highest BCUT2D eigenvalue weighted by molar-refractivity contribution is 5.77. The lowest BCUT2D eigenvalue weighted by Crippen LogP contribution is -2.49. The topological polar surface area (TPSA) is 36.4 Å². The van der Waals surface area contributed by atoms with Gasteiger partial charge in [-0.3, -0.25) is 4.79 Å². The van der Waals surface area contributed by atoms with Gasteiger partial charge in [0, 0.05) is 38.8 Å². The van der Waals surface area contributed by atoms with Gasteiger partial charge in [-0.2, -0.15) is 0 Å². The van der Waals surface area contributed by atoms with Crippen LogP contribution < -0.4 is 4.90 Å². The summed E-state index contributed by atoms with van der Waals surface area (Å²) < 4.78 is 0. The third-order valence-corrected chi connectivity index (χ3v) is 5.59. The molecule has 1 aliphatic heterocycles. The minimum atomic E-state index is 0.305. The zero-order valence-electron chi connectivity index (χ0n) is 14.8. The second kappa shape index (κ2) is 6.87. The molecule has 4 heteroatoms. The third-order valence-electron chi connectivity index (χ3n) is 5.59. The Hall–Kier alpha value is -2.36. The van der Waals surface area contributed by atoms with Crippen molar-refractivity contribution in [3.8, 4) is 0 Å². The summed E-state index contributed by atoms with van der Waals surface area (Å²) in [6.45, 7) is 5.42. The van der Waals surface area contributed by atoms with Crippen molar-refractivity contribution in [1.29, 1.82) is 0 Å². The first-order valence-corrected chi connectivity index (χ1v) is 9.24. The van der Waals surface area contributed by atoms with Crippen molar-refractivity contribution in [2.24, 2.45) is 0 Å². The maximum absolute atomic E-state index is 12.8. The molecule has 25 heavy (non-hydrogen) atoms. The van der Waals surface area contributed by atoms with Gasteiger partial charge in [0.2, 0.25) is 5.91 Å². The zero-order valence-corrected chi connectivity index (χ0v) is 14.8. The molecule has 1 saturated heterocycles. The van der Waals surface area contributed by atoms with Crippen LogP contribution in [0.3, 0.4) is 0 Å². The molecule has 1 amide bonds. The Kier molecular flexibility index (Phi) is 4.43. The largest absolute Gasteiger partial charge is 0.353 e. The van der Waals surface area contributed by atoms with E-state index in [-0.39, 0.29) is 0 Å². The van der Waals surface area contributed by atoms with E-state index >= 15 is 0 Å². The third kappa shape index (κ3) is 3.26. The predicted octanol–water partition coefficient (Wildman–Crippen LogP) is 3.16. The van der Waals surface area contributed by atoms with Gasteiger partial charge >= 0.3 is 0 Å². The maximum Gasteiger partial charge on any atom is 0.223 e. The Balaban J connectivity index is 1.35. The molecule has 1 fully saturated rings. The average molecular weight is 335 g/mol. The molecule has 4 nitrogen and oxygen atoms in total. The molecule has 1 aliphatic carbocycles. The standard InChI is InChI=1S/C21H25N3O/c1-16-5-4-10-22-21(16)24-13-11-23(12-14-24)20(25)15-18-9-8-17-6-2-3-7-19(17)18/h2-7,10,18H,8-9,11-15H2,1H3/t18-/m1/s1. The molecule has 4 rings (SSSR count). The number of piperazine rings is 1. The lowest BCUT2D eigenvalue weighted by atomic mass is 9.97. The maximum atomic E-state index is 12.8. The fraction of sp³-hybridized carbons (Fsp3) is 0.429. The smallest absolute Gasteiger partial charge is 0.223 e. The first-order chi connectivity index (χ1) is 12.2. The summed E-state index contributed by atoms with van der Waals surface area (Å²) in [7, 11) is 0. The first kappa shape index (κ1) is 16.1. The molecule has 130 valence electrons. The number of hydrogen-bond acceptors (Lipinski definition) is 3. The molecule has 0 spiro atoms. The van der Waals surface area contributed by atoms with E-state index in [0.29, 0.717) is 18.2 Å². The lowest BCUT2D eigenvalue weighted by Gasteiger charge is -2.36. The molecule has 0 unspecified atom stereocenters. The molecule has 1 aromatic heterocycles. The Morgan fingerprint density at radius 2 is 1.92 bits per heavy atom. The van der Waals surface area contributed by atoms with E-state index in [9.17, 15) is 4.79 Å². The van der Waals surface area contributed by atoms with Crippen molar-refractivity contribution in [3.63, 3.8) is 0 Å². The van der Waals surface area contributed by atoms with E-state index in [2.05, 4.69) is 47.1 Å². The highest BCUT2D eigenvalue weighted by Crippen LogP contribution is 2.35. The van der Waals surface area contributed by atoms with Crippen LogP contribution in [-0.2, 0) is 11.2 Å². The molecule has 1 atom stereocenters. The Morgan fingerprint density at radius 3 is 2.72 bits per heavy atom. The molecule has 1 aromatic carbocycles. The van der Waals surface area contributed by atoms with Crippen LogP contribution in [0.1, 0.15) is 35.4 Å². The SMILES string of the molecule is Cc1cccnc1N1CCN(C(=O)C[C@H]2CCc3ccccc32)CC1. The summed E-state index contributed by atoms with van der Waals surface area (Å²) in [5, 5.41) is 0. The summed E-state index contributed by atoms with van der Waals surface area (Å²) in [6, 6.07) is 12.7. The van der Waals surface area contributed by atoms with Crippen LogP contribution >= 0.6 is 0 Å². The summed E-state index contributed by atoms with van der Waals surface area (Å²) in [6.07, 6.45) is 4.72. The van der Waals surface area contributed by atoms with Crippen molar-refractivity contribution in [3.05, 3.63) is 59.3 Å². The van der Waals surface area contributed by atoms with Crippen molar-refractivity contribution >= 4 is 11.7 Å². The normalized spacial score (nSPS) is 19.8. The van der Waals surface area contributed by atoms with E-state index in [1.807, 2.05) is 17.2 Å². The van der Waals surface area contributed by atoms with Gasteiger partial charge in [0.25, 0.3) is 0 Å². The van der Waals surface area contributed by atoms with E-state index in [0.717, 1.165) is 44.8 Å². The fourth-order valence-corrected chi connectivity index (χ4v) is 4.17. The van der Waals surface area contributed by atoms with Gasteiger partial charge < -0.3 is 9.80 Å². The molecule has 0 bridgehead atoms. The van der Waals surface area contributed by atoms with Crippen molar-refractivity contribution in [2.45, 2.75) is 32.1 Å². The summed E-state index contributed by atoms with van der Waals surface area (Å²) >= 11 is 0. The van der Waals surface area contributed by atoms with E-state index < -0.39 is 0 Å². The van der Waals surface area contributed by atoms with Gasteiger partial charge in [-0.1, -0.05) is 30.3 Å². The molecular weight excluding hydrogens is 310 g/mol. The first-order valence-electron chi connectivity index (χ1n) is 9.24. The Bertz CT molecular complexity index is 765. The lowest BCUT2D eigenvalue weighted by molar-refractivity contribution is -0.131. The van der Waals surface area contributed by atoms with E-state index in [1.165, 1.54) is 16.7 Å². The van der Waals surface area contributed by atoms with E-state index in [1.54, 1.807) is 0 Å². The minimum Gasteiger partial charge on any atom is -0.353 e. The quantitative estimate of drug-likeness (QED) is 0.864. The molecule has 0 N–H and O–H groups in total. The van der Waals surface area contributed by atoms with Crippen LogP contribution in [0.4, 0.5) is 5.82 Å². The van der Waals surface area contributed by atoms with Crippen LogP contribution in [0.2, 0.25) is 0 Å². The number of carbonyl (C=O) groups is 1. The number of pyridine rings is 1. The number of amides is 1. The molecule has 2 aliphatic rings. The Labute approximate surface area is 149 Å². The fourth-order valence-electron chi connectivity index (χ4n) is 4.17. The van der Waals surface area contributed by atoms with Gasteiger partial charge in [-0.25, -0.2) is 4.98 Å². The number of hydrogen-bond donors (Lipinski definition) is 0. The number of aryl methyl sites for hydroxylation is 2. The highest BCUT2D eigenvalue weighted by atomic mass is 16.2. The summed E-state index contributed by atoms with van der Waals surface area (Å²) in [4.78, 5) is 21.6. The van der Waals surface area contributed by atoms with Gasteiger partial charge in [-0.05, 0) is 48.4 Å². The number of fused-ring (bicyclic) bond motifs is 1. The van der Waals surface area contributed by atoms with Gasteiger partial charge in [-0.15, -0.1) is 0 Å². The van der Waals surface area contributed by atoms with Crippen LogP contribution in [0.25, 0.3) is 0 Å². The molecular formula is C21H25N3O. The number of rotatable bonds is 3. The molecule has 0 saturated carbocycles. The second-order valence-electron chi connectivity index (χ2n) is 7.15. The second-order valence-corrected chi connectivity index (χ2v) is 7.15. The number of nitrogens with zero attached hydrogens (tertiary/aromatic N) is 3. The van der Waals surface area contributed by atoms with Crippen LogP contribution in [0.15, 0.2) is 42.6 Å². The van der Waals surface area contributed by atoms with Crippen molar-refractivity contribution in [2.75, 3.05) is 31.1 Å². The van der Waals surface area contributed by atoms with Crippen LogP contribution in [-0.4, -0.2) is 42.0 Å². The Morgan fingerprint density at radius 1 is 1.12 bits per heavy atom. The van der Waals surface area contributed by atoms with Crippen molar-refractivity contribution < 1.29 is 4.79 Å². The number of aromatic nitrogens is 1. The molecule has 0 radical (unpaired) electrons. The predicted molar refractivity (Wildman–Crippen MR) is 99.9 cm³/mol. The van der Waals surface area contributed by atoms with Gasteiger partial charge in [0.05, 0.1) is 0 Å². The number of benzene rings is 1. The number of anilines is 1. The van der Waals surface area contributed by atoms with Gasteiger partial charge in [0.1, 0.15) is 5.82 Å². The van der Waals surface area contributed by atoms with Gasteiger partial charge in [0.15, 0.2) is 0 Å². The van der Waals surface area contributed by atoms with Crippen molar-refractivity contribution in [1.82, 2.24) is 9.88 Å². The van der Waals surface area contributed by atoms with E-state index in [4.69, 9.17) is 0 Å². The molecule has 2 aromatic rings.